The van der Waals surface area contributed by atoms with E-state index in [-0.39, 0.29) is 11.9 Å². The molecule has 2 aromatic rings. The molecule has 1 unspecified atom stereocenters. The van der Waals surface area contributed by atoms with Gasteiger partial charge in [-0.3, -0.25) is 4.90 Å². The largest absolute Gasteiger partial charge is 0.353 e. The monoisotopic (exact) mass is 319 g/mol. The normalized spacial score (nSPS) is 17.5. The zero-order valence-electron chi connectivity index (χ0n) is 12.5. The molecule has 3 rings (SSSR count). The third-order valence-corrected chi connectivity index (χ3v) is 4.53. The second kappa shape index (κ2) is 6.63. The van der Waals surface area contributed by atoms with Crippen molar-refractivity contribution in [2.75, 3.05) is 31.1 Å². The van der Waals surface area contributed by atoms with E-state index in [1.807, 2.05) is 18.2 Å². The molecule has 0 bridgehead atoms. The first-order chi connectivity index (χ1) is 10.6. The van der Waals surface area contributed by atoms with Crippen LogP contribution in [0.1, 0.15) is 18.5 Å². The van der Waals surface area contributed by atoms with Crippen molar-refractivity contribution in [1.82, 2.24) is 9.88 Å². The van der Waals surface area contributed by atoms with Gasteiger partial charge in [0.05, 0.1) is 5.02 Å². The molecule has 0 spiro atoms. The maximum Gasteiger partial charge on any atom is 0.147 e. The molecule has 5 heteroatoms. The molecule has 22 heavy (non-hydrogen) atoms. The van der Waals surface area contributed by atoms with Crippen molar-refractivity contribution < 1.29 is 4.39 Å². The molecule has 116 valence electrons. The first-order valence-corrected chi connectivity index (χ1v) is 7.88. The van der Waals surface area contributed by atoms with Gasteiger partial charge in [0.2, 0.25) is 0 Å². The van der Waals surface area contributed by atoms with Crippen molar-refractivity contribution in [2.24, 2.45) is 0 Å². The quantitative estimate of drug-likeness (QED) is 0.858. The van der Waals surface area contributed by atoms with Gasteiger partial charge < -0.3 is 4.90 Å². The maximum absolute atomic E-state index is 13.4. The number of halogens is 2. The summed E-state index contributed by atoms with van der Waals surface area (Å²) in [6.45, 7) is 5.68. The molecule has 0 aliphatic carbocycles. The van der Waals surface area contributed by atoms with Crippen LogP contribution in [0.4, 0.5) is 10.2 Å². The lowest BCUT2D eigenvalue weighted by Crippen LogP contribution is -2.47. The predicted molar refractivity (Wildman–Crippen MR) is 87.8 cm³/mol. The summed E-state index contributed by atoms with van der Waals surface area (Å²) in [5.41, 5.74) is 1.02. The average Bonchev–Trinajstić information content (AvgIpc) is 2.55. The van der Waals surface area contributed by atoms with Crippen molar-refractivity contribution >= 4 is 17.4 Å². The van der Waals surface area contributed by atoms with Gasteiger partial charge in [0.15, 0.2) is 0 Å². The van der Waals surface area contributed by atoms with Crippen LogP contribution in [0.25, 0.3) is 0 Å². The number of hydrogen-bond acceptors (Lipinski definition) is 3. The second-order valence-corrected chi connectivity index (χ2v) is 5.97. The van der Waals surface area contributed by atoms with E-state index >= 15 is 0 Å². The van der Waals surface area contributed by atoms with Crippen LogP contribution in [-0.2, 0) is 0 Å². The van der Waals surface area contributed by atoms with Crippen LogP contribution in [0.2, 0.25) is 5.02 Å². The zero-order chi connectivity index (χ0) is 15.5. The number of pyridine rings is 1. The van der Waals surface area contributed by atoms with E-state index in [4.69, 9.17) is 11.6 Å². The number of aromatic nitrogens is 1. The molecule has 0 radical (unpaired) electrons. The van der Waals surface area contributed by atoms with E-state index in [1.165, 1.54) is 6.07 Å². The average molecular weight is 320 g/mol. The highest BCUT2D eigenvalue weighted by Crippen LogP contribution is 2.26. The van der Waals surface area contributed by atoms with Crippen molar-refractivity contribution in [3.8, 4) is 0 Å². The third kappa shape index (κ3) is 3.23. The van der Waals surface area contributed by atoms with Gasteiger partial charge in [0.1, 0.15) is 11.6 Å². The van der Waals surface area contributed by atoms with E-state index < -0.39 is 0 Å². The Labute approximate surface area is 135 Å². The van der Waals surface area contributed by atoms with E-state index in [9.17, 15) is 4.39 Å². The highest BCUT2D eigenvalue weighted by molar-refractivity contribution is 6.32. The predicted octanol–water partition coefficient (Wildman–Crippen LogP) is 3.76. The molecule has 1 atom stereocenters. The molecule has 3 nitrogen and oxygen atoms in total. The lowest BCUT2D eigenvalue weighted by atomic mass is 10.1. The van der Waals surface area contributed by atoms with Gasteiger partial charge in [-0.1, -0.05) is 23.7 Å². The fourth-order valence-corrected chi connectivity index (χ4v) is 3.15. The number of rotatable bonds is 3. The fourth-order valence-electron chi connectivity index (χ4n) is 2.91. The van der Waals surface area contributed by atoms with Crippen LogP contribution in [0.3, 0.4) is 0 Å². The molecule has 1 aliphatic heterocycles. The van der Waals surface area contributed by atoms with Gasteiger partial charge in [-0.05, 0) is 36.8 Å². The maximum atomic E-state index is 13.4. The third-order valence-electron chi connectivity index (χ3n) is 4.23. The van der Waals surface area contributed by atoms with E-state index in [0.717, 1.165) is 37.6 Å². The summed E-state index contributed by atoms with van der Waals surface area (Å²) in [5, 5.41) is 0.689. The molecular formula is C17H19ClFN3. The number of benzene rings is 1. The Morgan fingerprint density at radius 3 is 2.59 bits per heavy atom. The van der Waals surface area contributed by atoms with Crippen LogP contribution in [0.5, 0.6) is 0 Å². The van der Waals surface area contributed by atoms with Crippen LogP contribution >= 0.6 is 11.6 Å². The Morgan fingerprint density at radius 2 is 1.91 bits per heavy atom. The first-order valence-electron chi connectivity index (χ1n) is 7.50. The molecule has 2 heterocycles. The molecule has 1 aliphatic rings. The molecule has 1 fully saturated rings. The van der Waals surface area contributed by atoms with Crippen LogP contribution in [0, 0.1) is 5.82 Å². The molecule has 1 aromatic carbocycles. The van der Waals surface area contributed by atoms with Gasteiger partial charge in [-0.15, -0.1) is 0 Å². The summed E-state index contributed by atoms with van der Waals surface area (Å²) in [6, 6.07) is 10.8. The molecule has 1 saturated heterocycles. The van der Waals surface area contributed by atoms with Crippen LogP contribution in [0.15, 0.2) is 42.6 Å². The van der Waals surface area contributed by atoms with Gasteiger partial charge in [-0.25, -0.2) is 9.37 Å². The molecule has 0 N–H and O–H groups in total. The van der Waals surface area contributed by atoms with Crippen LogP contribution in [-0.4, -0.2) is 36.1 Å². The number of anilines is 1. The number of piperazine rings is 1. The number of nitrogens with zero attached hydrogens (tertiary/aromatic N) is 3. The summed E-state index contributed by atoms with van der Waals surface area (Å²) < 4.78 is 13.4. The number of hydrogen-bond donors (Lipinski definition) is 0. The summed E-state index contributed by atoms with van der Waals surface area (Å²) in [5.74, 6) is 0.672. The summed E-state index contributed by atoms with van der Waals surface area (Å²) in [4.78, 5) is 8.94. The van der Waals surface area contributed by atoms with E-state index in [0.29, 0.717) is 5.02 Å². The van der Waals surface area contributed by atoms with Crippen molar-refractivity contribution in [3.05, 3.63) is 59.0 Å². The Kier molecular flexibility index (Phi) is 4.60. The fraction of sp³-hybridized carbons (Fsp3) is 0.353. The lowest BCUT2D eigenvalue weighted by Gasteiger charge is -2.39. The smallest absolute Gasteiger partial charge is 0.147 e. The van der Waals surface area contributed by atoms with Crippen LogP contribution < -0.4 is 4.90 Å². The summed E-state index contributed by atoms with van der Waals surface area (Å²) in [7, 11) is 0. The van der Waals surface area contributed by atoms with Crippen molar-refractivity contribution in [1.29, 1.82) is 0 Å². The second-order valence-electron chi connectivity index (χ2n) is 5.56. The molecule has 0 saturated carbocycles. The molecular weight excluding hydrogens is 301 g/mol. The minimum Gasteiger partial charge on any atom is -0.353 e. The first kappa shape index (κ1) is 15.3. The van der Waals surface area contributed by atoms with Crippen molar-refractivity contribution in [3.63, 3.8) is 0 Å². The summed E-state index contributed by atoms with van der Waals surface area (Å²) in [6.07, 6.45) is 1.77. The highest BCUT2D eigenvalue weighted by Gasteiger charge is 2.23. The Morgan fingerprint density at radius 1 is 1.14 bits per heavy atom. The highest BCUT2D eigenvalue weighted by atomic mass is 35.5. The van der Waals surface area contributed by atoms with Gasteiger partial charge in [0, 0.05) is 38.4 Å². The lowest BCUT2D eigenvalue weighted by molar-refractivity contribution is 0.198. The zero-order valence-corrected chi connectivity index (χ0v) is 13.3. The minimum atomic E-state index is -0.178. The van der Waals surface area contributed by atoms with Gasteiger partial charge in [-0.2, -0.15) is 0 Å². The summed E-state index contributed by atoms with van der Waals surface area (Å²) >= 11 is 6.21. The molecule has 0 amide bonds. The van der Waals surface area contributed by atoms with E-state index in [1.54, 1.807) is 18.3 Å². The van der Waals surface area contributed by atoms with Gasteiger partial charge >= 0.3 is 0 Å². The Hall–Kier alpha value is -1.65. The van der Waals surface area contributed by atoms with E-state index in [2.05, 4.69) is 21.7 Å². The topological polar surface area (TPSA) is 19.4 Å². The standard InChI is InChI=1S/C17H19ClFN3/c1-13(14-4-2-5-15(19)12-14)21-8-10-22(11-9-21)17-16(18)6-3-7-20-17/h2-7,12-13H,8-11H2,1H3. The minimum absolute atomic E-state index is 0.178. The Bertz CT molecular complexity index is 641. The SMILES string of the molecule is CC(c1cccc(F)c1)N1CCN(c2ncccc2Cl)CC1. The Balaban J connectivity index is 1.65. The molecule has 1 aromatic heterocycles. The van der Waals surface area contributed by atoms with Gasteiger partial charge in [0.25, 0.3) is 0 Å². The van der Waals surface area contributed by atoms with Crippen molar-refractivity contribution in [2.45, 2.75) is 13.0 Å².